The van der Waals surface area contributed by atoms with Gasteiger partial charge in [0.05, 0.1) is 11.1 Å². The van der Waals surface area contributed by atoms with Crippen LogP contribution in [-0.2, 0) is 6.42 Å². The standard InChI is InChI=1S/C13H12ClFN2O/c14-10-3-1-2-8(13(10)15)6-12(18)9-7-17-5-4-11(9)16/h1-5,7,12,18H,6H2,(H2,16,17). The Morgan fingerprint density at radius 3 is 2.89 bits per heavy atom. The van der Waals surface area contributed by atoms with Crippen LogP contribution in [0.25, 0.3) is 0 Å². The highest BCUT2D eigenvalue weighted by atomic mass is 35.5. The number of nitrogen functional groups attached to an aromatic ring is 1. The largest absolute Gasteiger partial charge is 0.398 e. The van der Waals surface area contributed by atoms with Gasteiger partial charge >= 0.3 is 0 Å². The number of anilines is 1. The molecular weight excluding hydrogens is 255 g/mol. The molecule has 1 aromatic carbocycles. The number of hydrogen-bond donors (Lipinski definition) is 2. The molecule has 0 radical (unpaired) electrons. The minimum atomic E-state index is -0.910. The van der Waals surface area contributed by atoms with Crippen molar-refractivity contribution in [2.45, 2.75) is 12.5 Å². The molecule has 1 heterocycles. The lowest BCUT2D eigenvalue weighted by Crippen LogP contribution is -2.07. The summed E-state index contributed by atoms with van der Waals surface area (Å²) in [6.45, 7) is 0. The Balaban J connectivity index is 2.24. The van der Waals surface area contributed by atoms with E-state index in [1.54, 1.807) is 18.2 Å². The Morgan fingerprint density at radius 2 is 2.17 bits per heavy atom. The third kappa shape index (κ3) is 2.60. The number of aliphatic hydroxyl groups excluding tert-OH is 1. The van der Waals surface area contributed by atoms with Crippen LogP contribution < -0.4 is 5.73 Å². The van der Waals surface area contributed by atoms with Gasteiger partial charge in [0.25, 0.3) is 0 Å². The molecule has 3 nitrogen and oxygen atoms in total. The molecule has 0 aliphatic carbocycles. The average molecular weight is 267 g/mol. The normalized spacial score (nSPS) is 12.4. The summed E-state index contributed by atoms with van der Waals surface area (Å²) in [5, 5.41) is 10.1. The highest BCUT2D eigenvalue weighted by Gasteiger charge is 2.15. The van der Waals surface area contributed by atoms with E-state index in [-0.39, 0.29) is 11.4 Å². The highest BCUT2D eigenvalue weighted by Crippen LogP contribution is 2.26. The van der Waals surface area contributed by atoms with E-state index >= 15 is 0 Å². The smallest absolute Gasteiger partial charge is 0.145 e. The molecule has 18 heavy (non-hydrogen) atoms. The van der Waals surface area contributed by atoms with Gasteiger partial charge in [-0.1, -0.05) is 23.7 Å². The number of benzene rings is 1. The molecule has 1 atom stereocenters. The summed E-state index contributed by atoms with van der Waals surface area (Å²) in [4.78, 5) is 3.89. The Morgan fingerprint density at radius 1 is 1.39 bits per heavy atom. The number of halogens is 2. The van der Waals surface area contributed by atoms with E-state index in [2.05, 4.69) is 4.98 Å². The fourth-order valence-electron chi connectivity index (χ4n) is 1.72. The van der Waals surface area contributed by atoms with Crippen molar-refractivity contribution < 1.29 is 9.50 Å². The Bertz CT molecular complexity index is 562. The minimum Gasteiger partial charge on any atom is -0.398 e. The minimum absolute atomic E-state index is 0.0406. The number of nitrogens with two attached hydrogens (primary N) is 1. The summed E-state index contributed by atoms with van der Waals surface area (Å²) in [6.07, 6.45) is 2.20. The molecule has 0 saturated carbocycles. The number of hydrogen-bond acceptors (Lipinski definition) is 3. The molecule has 94 valence electrons. The molecular formula is C13H12ClFN2O. The van der Waals surface area contributed by atoms with E-state index in [4.69, 9.17) is 17.3 Å². The van der Waals surface area contributed by atoms with E-state index in [0.29, 0.717) is 16.8 Å². The van der Waals surface area contributed by atoms with Crippen LogP contribution >= 0.6 is 11.6 Å². The molecule has 0 amide bonds. The van der Waals surface area contributed by atoms with E-state index in [0.717, 1.165) is 0 Å². The number of aliphatic hydroxyl groups is 1. The summed E-state index contributed by atoms with van der Waals surface area (Å²) >= 11 is 5.68. The van der Waals surface area contributed by atoms with Gasteiger partial charge in [-0.2, -0.15) is 0 Å². The van der Waals surface area contributed by atoms with Crippen molar-refractivity contribution in [3.8, 4) is 0 Å². The monoisotopic (exact) mass is 266 g/mol. The number of pyridine rings is 1. The molecule has 0 aliphatic rings. The zero-order valence-corrected chi connectivity index (χ0v) is 10.2. The summed E-state index contributed by atoms with van der Waals surface area (Å²) < 4.78 is 13.7. The molecule has 0 bridgehead atoms. The highest BCUT2D eigenvalue weighted by molar-refractivity contribution is 6.30. The Hall–Kier alpha value is -1.65. The van der Waals surface area contributed by atoms with E-state index in [9.17, 15) is 9.50 Å². The third-order valence-electron chi connectivity index (χ3n) is 2.69. The molecule has 5 heteroatoms. The molecule has 0 spiro atoms. The number of rotatable bonds is 3. The van der Waals surface area contributed by atoms with Gasteiger partial charge in [0.15, 0.2) is 0 Å². The topological polar surface area (TPSA) is 59.1 Å². The summed E-state index contributed by atoms with van der Waals surface area (Å²) in [7, 11) is 0. The first kappa shape index (κ1) is 12.8. The lowest BCUT2D eigenvalue weighted by atomic mass is 10.0. The van der Waals surface area contributed by atoms with Crippen molar-refractivity contribution in [2.24, 2.45) is 0 Å². The zero-order chi connectivity index (χ0) is 13.1. The molecule has 0 saturated heterocycles. The van der Waals surface area contributed by atoms with Crippen LogP contribution in [0.1, 0.15) is 17.2 Å². The van der Waals surface area contributed by atoms with Gasteiger partial charge in [0, 0.05) is 30.1 Å². The SMILES string of the molecule is Nc1ccncc1C(O)Cc1cccc(Cl)c1F. The van der Waals surface area contributed by atoms with Crippen LogP contribution in [0.3, 0.4) is 0 Å². The van der Waals surface area contributed by atoms with Crippen LogP contribution in [0.5, 0.6) is 0 Å². The third-order valence-corrected chi connectivity index (χ3v) is 2.98. The van der Waals surface area contributed by atoms with Gasteiger partial charge in [-0.25, -0.2) is 4.39 Å². The zero-order valence-electron chi connectivity index (χ0n) is 9.48. The maximum atomic E-state index is 13.7. The fraction of sp³-hybridized carbons (Fsp3) is 0.154. The summed E-state index contributed by atoms with van der Waals surface area (Å²) in [6, 6.07) is 6.27. The molecule has 1 aromatic heterocycles. The van der Waals surface area contributed by atoms with Gasteiger partial charge in [-0.15, -0.1) is 0 Å². The van der Waals surface area contributed by atoms with Crippen molar-refractivity contribution >= 4 is 17.3 Å². The van der Waals surface area contributed by atoms with Gasteiger partial charge < -0.3 is 10.8 Å². The molecule has 2 aromatic rings. The fourth-order valence-corrected chi connectivity index (χ4v) is 1.91. The molecule has 1 unspecified atom stereocenters. The Labute approximate surface area is 109 Å². The second-order valence-corrected chi connectivity index (χ2v) is 4.34. The summed E-state index contributed by atoms with van der Waals surface area (Å²) in [5.41, 5.74) is 6.98. The van der Waals surface area contributed by atoms with Gasteiger partial charge in [-0.05, 0) is 17.7 Å². The molecule has 2 rings (SSSR count). The van der Waals surface area contributed by atoms with Gasteiger partial charge in [-0.3, -0.25) is 4.98 Å². The van der Waals surface area contributed by atoms with Crippen LogP contribution in [0.2, 0.25) is 5.02 Å². The summed E-state index contributed by atoms with van der Waals surface area (Å²) in [5.74, 6) is -0.513. The number of nitrogens with zero attached hydrogens (tertiary/aromatic N) is 1. The van der Waals surface area contributed by atoms with Crippen LogP contribution in [0, 0.1) is 5.82 Å². The van der Waals surface area contributed by atoms with Gasteiger partial charge in [0.2, 0.25) is 0 Å². The van der Waals surface area contributed by atoms with Crippen molar-refractivity contribution in [3.05, 3.63) is 58.6 Å². The maximum Gasteiger partial charge on any atom is 0.145 e. The maximum absolute atomic E-state index is 13.7. The lowest BCUT2D eigenvalue weighted by Gasteiger charge is -2.13. The predicted molar refractivity (Wildman–Crippen MR) is 68.7 cm³/mol. The second-order valence-electron chi connectivity index (χ2n) is 3.94. The first-order valence-corrected chi connectivity index (χ1v) is 5.77. The van der Waals surface area contributed by atoms with E-state index in [1.807, 2.05) is 0 Å². The first-order chi connectivity index (χ1) is 8.59. The number of aromatic nitrogens is 1. The average Bonchev–Trinajstić information content (AvgIpc) is 2.35. The van der Waals surface area contributed by atoms with Gasteiger partial charge in [0.1, 0.15) is 5.82 Å². The molecule has 0 fully saturated rings. The first-order valence-electron chi connectivity index (χ1n) is 5.40. The Kier molecular flexibility index (Phi) is 3.79. The van der Waals surface area contributed by atoms with E-state index in [1.165, 1.54) is 18.5 Å². The van der Waals surface area contributed by atoms with E-state index < -0.39 is 11.9 Å². The van der Waals surface area contributed by atoms with Crippen molar-refractivity contribution in [2.75, 3.05) is 5.73 Å². The van der Waals surface area contributed by atoms with Crippen LogP contribution in [0.15, 0.2) is 36.7 Å². The lowest BCUT2D eigenvalue weighted by molar-refractivity contribution is 0.177. The van der Waals surface area contributed by atoms with Crippen molar-refractivity contribution in [1.82, 2.24) is 4.98 Å². The second kappa shape index (κ2) is 5.33. The molecule has 0 aliphatic heterocycles. The van der Waals surface area contributed by atoms with Crippen molar-refractivity contribution in [1.29, 1.82) is 0 Å². The van der Waals surface area contributed by atoms with Crippen molar-refractivity contribution in [3.63, 3.8) is 0 Å². The van der Waals surface area contributed by atoms with Crippen LogP contribution in [0.4, 0.5) is 10.1 Å². The predicted octanol–water partition coefficient (Wildman–Crippen LogP) is 2.73. The van der Waals surface area contributed by atoms with Crippen LogP contribution in [-0.4, -0.2) is 10.1 Å². The molecule has 3 N–H and O–H groups in total. The quantitative estimate of drug-likeness (QED) is 0.898.